The van der Waals surface area contributed by atoms with Crippen LogP contribution >= 0.6 is 0 Å². The second-order valence-electron chi connectivity index (χ2n) is 4.24. The third-order valence-corrected chi connectivity index (χ3v) is 2.81. The summed E-state index contributed by atoms with van der Waals surface area (Å²) < 4.78 is 5.25. The largest absolute Gasteiger partial charge is 0.394 e. The minimum atomic E-state index is 0.128. The number of hydrogen-bond donors (Lipinski definition) is 1. The zero-order chi connectivity index (χ0) is 9.73. The van der Waals surface area contributed by atoms with E-state index in [9.17, 15) is 0 Å². The Hall–Kier alpha value is -0.120. The van der Waals surface area contributed by atoms with E-state index < -0.39 is 0 Å². The van der Waals surface area contributed by atoms with Crippen molar-refractivity contribution in [2.24, 2.45) is 0 Å². The zero-order valence-electron chi connectivity index (χ0n) is 8.75. The molecule has 0 aromatic rings. The maximum absolute atomic E-state index is 8.52. The summed E-state index contributed by atoms with van der Waals surface area (Å²) in [6, 6.07) is 0. The summed E-state index contributed by atoms with van der Waals surface area (Å²) in [5, 5.41) is 8.52. The molecule has 1 rings (SSSR count). The Bertz CT molecular complexity index is 148. The van der Waals surface area contributed by atoms with Crippen molar-refractivity contribution in [2.45, 2.75) is 32.2 Å². The SMILES string of the molecule is CC1(C)CCCN1CCOCCO. The molecular weight excluding hydrogens is 166 g/mol. The van der Waals surface area contributed by atoms with Gasteiger partial charge in [0.15, 0.2) is 0 Å². The van der Waals surface area contributed by atoms with Crippen molar-refractivity contribution in [2.75, 3.05) is 32.9 Å². The Balaban J connectivity index is 2.14. The van der Waals surface area contributed by atoms with E-state index in [1.54, 1.807) is 0 Å². The van der Waals surface area contributed by atoms with Crippen LogP contribution in [-0.2, 0) is 4.74 Å². The Labute approximate surface area is 80.7 Å². The fourth-order valence-corrected chi connectivity index (χ4v) is 1.92. The number of hydrogen-bond acceptors (Lipinski definition) is 3. The Morgan fingerprint density at radius 1 is 1.38 bits per heavy atom. The minimum absolute atomic E-state index is 0.128. The van der Waals surface area contributed by atoms with Crippen LogP contribution in [-0.4, -0.2) is 48.5 Å². The van der Waals surface area contributed by atoms with Crippen molar-refractivity contribution < 1.29 is 9.84 Å². The molecule has 0 radical (unpaired) electrons. The topological polar surface area (TPSA) is 32.7 Å². The van der Waals surface area contributed by atoms with Gasteiger partial charge in [-0.25, -0.2) is 0 Å². The maximum atomic E-state index is 8.52. The summed E-state index contributed by atoms with van der Waals surface area (Å²) in [6.07, 6.45) is 2.58. The van der Waals surface area contributed by atoms with Gasteiger partial charge >= 0.3 is 0 Å². The molecule has 0 unspecified atom stereocenters. The van der Waals surface area contributed by atoms with Crippen molar-refractivity contribution >= 4 is 0 Å². The smallest absolute Gasteiger partial charge is 0.0698 e. The van der Waals surface area contributed by atoms with E-state index in [1.165, 1.54) is 19.4 Å². The van der Waals surface area contributed by atoms with Crippen molar-refractivity contribution in [3.63, 3.8) is 0 Å². The van der Waals surface area contributed by atoms with Gasteiger partial charge in [-0.1, -0.05) is 0 Å². The average molecular weight is 187 g/mol. The van der Waals surface area contributed by atoms with Crippen LogP contribution in [0.25, 0.3) is 0 Å². The highest BCUT2D eigenvalue weighted by atomic mass is 16.5. The normalized spacial score (nSPS) is 22.4. The lowest BCUT2D eigenvalue weighted by atomic mass is 10.0. The number of aliphatic hydroxyl groups is 1. The Morgan fingerprint density at radius 3 is 2.69 bits per heavy atom. The van der Waals surface area contributed by atoms with Gasteiger partial charge in [0.25, 0.3) is 0 Å². The molecule has 0 saturated carbocycles. The molecule has 0 aromatic heterocycles. The summed E-state index contributed by atoms with van der Waals surface area (Å²) in [6.45, 7) is 8.09. The first-order valence-electron chi connectivity index (χ1n) is 5.10. The molecule has 0 bridgehead atoms. The van der Waals surface area contributed by atoms with Gasteiger partial charge < -0.3 is 9.84 Å². The molecule has 1 heterocycles. The second-order valence-corrected chi connectivity index (χ2v) is 4.24. The van der Waals surface area contributed by atoms with Crippen molar-refractivity contribution in [3.8, 4) is 0 Å². The highest BCUT2D eigenvalue weighted by Crippen LogP contribution is 2.27. The van der Waals surface area contributed by atoms with Crippen LogP contribution in [0.1, 0.15) is 26.7 Å². The van der Waals surface area contributed by atoms with Crippen LogP contribution in [0.2, 0.25) is 0 Å². The summed E-state index contributed by atoms with van der Waals surface area (Å²) in [5.74, 6) is 0. The fourth-order valence-electron chi connectivity index (χ4n) is 1.92. The number of rotatable bonds is 5. The van der Waals surface area contributed by atoms with Gasteiger partial charge in [-0.3, -0.25) is 4.90 Å². The molecule has 3 heteroatoms. The van der Waals surface area contributed by atoms with Crippen molar-refractivity contribution in [1.29, 1.82) is 0 Å². The maximum Gasteiger partial charge on any atom is 0.0698 e. The monoisotopic (exact) mass is 187 g/mol. The van der Waals surface area contributed by atoms with Crippen molar-refractivity contribution in [3.05, 3.63) is 0 Å². The van der Waals surface area contributed by atoms with Crippen LogP contribution < -0.4 is 0 Å². The van der Waals surface area contributed by atoms with Crippen LogP contribution in [0.4, 0.5) is 0 Å². The highest BCUT2D eigenvalue weighted by Gasteiger charge is 2.30. The van der Waals surface area contributed by atoms with E-state index in [0.717, 1.165) is 13.2 Å². The van der Waals surface area contributed by atoms with Gasteiger partial charge in [0.1, 0.15) is 0 Å². The molecule has 1 aliphatic heterocycles. The molecule has 1 fully saturated rings. The first-order valence-corrected chi connectivity index (χ1v) is 5.10. The number of likely N-dealkylation sites (tertiary alicyclic amines) is 1. The van der Waals surface area contributed by atoms with E-state index in [0.29, 0.717) is 12.1 Å². The predicted molar refractivity (Wildman–Crippen MR) is 52.8 cm³/mol. The van der Waals surface area contributed by atoms with E-state index in [-0.39, 0.29) is 6.61 Å². The molecule has 3 nitrogen and oxygen atoms in total. The lowest BCUT2D eigenvalue weighted by molar-refractivity contribution is 0.0589. The minimum Gasteiger partial charge on any atom is -0.394 e. The van der Waals surface area contributed by atoms with Gasteiger partial charge in [0.2, 0.25) is 0 Å². The Kier molecular flexibility index (Phi) is 4.16. The number of ether oxygens (including phenoxy) is 1. The third kappa shape index (κ3) is 3.25. The zero-order valence-corrected chi connectivity index (χ0v) is 8.75. The van der Waals surface area contributed by atoms with Crippen LogP contribution in [0.5, 0.6) is 0 Å². The van der Waals surface area contributed by atoms with E-state index in [1.807, 2.05) is 0 Å². The van der Waals surface area contributed by atoms with Crippen LogP contribution in [0.3, 0.4) is 0 Å². The molecule has 13 heavy (non-hydrogen) atoms. The van der Waals surface area contributed by atoms with E-state index in [4.69, 9.17) is 9.84 Å². The van der Waals surface area contributed by atoms with Gasteiger partial charge in [-0.2, -0.15) is 0 Å². The van der Waals surface area contributed by atoms with E-state index >= 15 is 0 Å². The average Bonchev–Trinajstić information content (AvgIpc) is 2.40. The van der Waals surface area contributed by atoms with E-state index in [2.05, 4.69) is 18.7 Å². The van der Waals surface area contributed by atoms with Crippen LogP contribution in [0, 0.1) is 0 Å². The lowest BCUT2D eigenvalue weighted by Gasteiger charge is -2.31. The quantitative estimate of drug-likeness (QED) is 0.648. The molecular formula is C10H21NO2. The molecule has 0 amide bonds. The second kappa shape index (κ2) is 4.94. The first kappa shape index (κ1) is 11.0. The van der Waals surface area contributed by atoms with Crippen LogP contribution in [0.15, 0.2) is 0 Å². The molecule has 1 saturated heterocycles. The lowest BCUT2D eigenvalue weighted by Crippen LogP contribution is -2.40. The highest BCUT2D eigenvalue weighted by molar-refractivity contribution is 4.87. The molecule has 1 N–H and O–H groups in total. The molecule has 1 aliphatic rings. The first-order chi connectivity index (χ1) is 6.17. The molecule has 0 spiro atoms. The molecule has 0 atom stereocenters. The Morgan fingerprint density at radius 2 is 2.15 bits per heavy atom. The van der Waals surface area contributed by atoms with Gasteiger partial charge in [-0.05, 0) is 33.2 Å². The van der Waals surface area contributed by atoms with Gasteiger partial charge in [0.05, 0.1) is 19.8 Å². The van der Waals surface area contributed by atoms with Gasteiger partial charge in [0, 0.05) is 12.1 Å². The summed E-state index contributed by atoms with van der Waals surface area (Å²) >= 11 is 0. The standard InChI is InChI=1S/C10H21NO2/c1-10(2)4-3-5-11(10)6-8-13-9-7-12/h12H,3-9H2,1-2H3. The number of nitrogens with zero attached hydrogens (tertiary/aromatic N) is 1. The molecule has 78 valence electrons. The molecule has 0 aliphatic carbocycles. The fraction of sp³-hybridized carbons (Fsp3) is 1.00. The third-order valence-electron chi connectivity index (χ3n) is 2.81. The molecule has 0 aromatic carbocycles. The predicted octanol–water partition coefficient (Wildman–Crippen LogP) is 0.870. The summed E-state index contributed by atoms with van der Waals surface area (Å²) in [7, 11) is 0. The van der Waals surface area contributed by atoms with Crippen molar-refractivity contribution in [1.82, 2.24) is 4.90 Å². The number of aliphatic hydroxyl groups excluding tert-OH is 1. The summed E-state index contributed by atoms with van der Waals surface area (Å²) in [4.78, 5) is 2.46. The summed E-state index contributed by atoms with van der Waals surface area (Å²) in [5.41, 5.74) is 0.350. The van der Waals surface area contributed by atoms with Gasteiger partial charge in [-0.15, -0.1) is 0 Å².